The van der Waals surface area contributed by atoms with Crippen molar-refractivity contribution in [2.45, 2.75) is 25.4 Å². The van der Waals surface area contributed by atoms with E-state index in [2.05, 4.69) is 6.07 Å². The second kappa shape index (κ2) is 5.49. The van der Waals surface area contributed by atoms with Gasteiger partial charge in [0.2, 0.25) is 0 Å². The first-order valence-electron chi connectivity index (χ1n) is 4.76. The van der Waals surface area contributed by atoms with Gasteiger partial charge in [0.25, 0.3) is 0 Å². The maximum absolute atomic E-state index is 10.9. The minimum absolute atomic E-state index is 0. The lowest BCUT2D eigenvalue weighted by Gasteiger charge is -2.19. The number of carbonyl (C=O) groups is 1. The molecule has 15 heavy (non-hydrogen) atoms. The van der Waals surface area contributed by atoms with Crippen LogP contribution in [0.5, 0.6) is 0 Å². The van der Waals surface area contributed by atoms with E-state index in [4.69, 9.17) is 5.11 Å². The lowest BCUT2D eigenvalue weighted by molar-refractivity contribution is -0.142. The van der Waals surface area contributed by atoms with Gasteiger partial charge in [-0.1, -0.05) is 6.07 Å². The van der Waals surface area contributed by atoms with Crippen LogP contribution in [-0.4, -0.2) is 28.6 Å². The summed E-state index contributed by atoms with van der Waals surface area (Å²) in [6.07, 6.45) is 1.79. The average molecular weight is 248 g/mol. The fraction of sp³-hybridized carbons (Fsp3) is 0.500. The Morgan fingerprint density at radius 2 is 2.47 bits per heavy atom. The number of halogens is 1. The molecule has 1 N–H and O–H groups in total. The molecule has 1 unspecified atom stereocenters. The second-order valence-electron chi connectivity index (χ2n) is 3.55. The van der Waals surface area contributed by atoms with Gasteiger partial charge in [-0.05, 0) is 30.8 Å². The van der Waals surface area contributed by atoms with Gasteiger partial charge in [0, 0.05) is 11.4 Å². The minimum Gasteiger partial charge on any atom is -0.480 e. The number of thiophene rings is 1. The third kappa shape index (κ3) is 2.93. The molecule has 1 aromatic heterocycles. The van der Waals surface area contributed by atoms with Crippen LogP contribution in [0.15, 0.2) is 17.5 Å². The molecular weight excluding hydrogens is 234 g/mol. The molecule has 0 saturated carbocycles. The Labute approximate surface area is 99.1 Å². The summed E-state index contributed by atoms with van der Waals surface area (Å²) in [4.78, 5) is 14.2. The average Bonchev–Trinajstić information content (AvgIpc) is 2.75. The number of hydrogen-bond acceptors (Lipinski definition) is 3. The Balaban J connectivity index is 0.00000112. The number of aliphatic carboxylic acids is 1. The van der Waals surface area contributed by atoms with Crippen LogP contribution in [0.4, 0.5) is 0 Å². The van der Waals surface area contributed by atoms with Crippen LogP contribution in [-0.2, 0) is 11.3 Å². The van der Waals surface area contributed by atoms with Gasteiger partial charge in [0.1, 0.15) is 6.04 Å². The highest BCUT2D eigenvalue weighted by atomic mass is 35.5. The quantitative estimate of drug-likeness (QED) is 0.891. The van der Waals surface area contributed by atoms with E-state index < -0.39 is 5.97 Å². The van der Waals surface area contributed by atoms with Crippen molar-refractivity contribution < 1.29 is 9.90 Å². The summed E-state index contributed by atoms with van der Waals surface area (Å²) < 4.78 is 0. The molecule has 3 nitrogen and oxygen atoms in total. The van der Waals surface area contributed by atoms with Crippen molar-refractivity contribution >= 4 is 29.7 Å². The van der Waals surface area contributed by atoms with Crippen LogP contribution in [0.1, 0.15) is 17.7 Å². The molecule has 0 spiro atoms. The van der Waals surface area contributed by atoms with E-state index in [1.165, 1.54) is 4.88 Å². The molecular formula is C10H14ClNO2S. The van der Waals surface area contributed by atoms with Crippen LogP contribution in [0.3, 0.4) is 0 Å². The van der Waals surface area contributed by atoms with E-state index in [1.54, 1.807) is 11.3 Å². The zero-order valence-electron chi connectivity index (χ0n) is 8.26. The third-order valence-electron chi connectivity index (χ3n) is 2.59. The molecule has 0 bridgehead atoms. The van der Waals surface area contributed by atoms with E-state index in [-0.39, 0.29) is 18.4 Å². The predicted molar refractivity (Wildman–Crippen MR) is 62.6 cm³/mol. The molecule has 2 heterocycles. The summed E-state index contributed by atoms with van der Waals surface area (Å²) in [6.45, 7) is 1.70. The van der Waals surface area contributed by atoms with Crippen molar-refractivity contribution in [1.29, 1.82) is 0 Å². The molecule has 1 aromatic rings. The minimum atomic E-state index is -0.681. The van der Waals surface area contributed by atoms with Crippen LogP contribution in [0, 0.1) is 0 Å². The summed E-state index contributed by atoms with van der Waals surface area (Å²) in [5, 5.41) is 11.0. The fourth-order valence-corrected chi connectivity index (χ4v) is 2.63. The predicted octanol–water partition coefficient (Wildman–Crippen LogP) is 2.22. The lowest BCUT2D eigenvalue weighted by Crippen LogP contribution is -2.35. The SMILES string of the molecule is Cl.O=C(O)C1CCCN1Cc1cccs1. The van der Waals surface area contributed by atoms with Crippen LogP contribution in [0.25, 0.3) is 0 Å². The highest BCUT2D eigenvalue weighted by molar-refractivity contribution is 7.09. The van der Waals surface area contributed by atoms with Gasteiger partial charge in [-0.2, -0.15) is 0 Å². The van der Waals surface area contributed by atoms with Crippen molar-refractivity contribution in [2.75, 3.05) is 6.54 Å². The summed E-state index contributed by atoms with van der Waals surface area (Å²) in [6, 6.07) is 3.80. The van der Waals surface area contributed by atoms with Gasteiger partial charge in [0.05, 0.1) is 0 Å². The first kappa shape index (κ1) is 12.5. The number of hydrogen-bond donors (Lipinski definition) is 1. The standard InChI is InChI=1S/C10H13NO2S.ClH/c12-10(13)9-4-1-5-11(9)7-8-3-2-6-14-8;/h2-3,6,9H,1,4-5,7H2,(H,12,13);1H. The number of nitrogens with zero attached hydrogens (tertiary/aromatic N) is 1. The maximum Gasteiger partial charge on any atom is 0.320 e. The van der Waals surface area contributed by atoms with E-state index >= 15 is 0 Å². The topological polar surface area (TPSA) is 40.5 Å². The molecule has 2 rings (SSSR count). The van der Waals surface area contributed by atoms with E-state index in [0.29, 0.717) is 0 Å². The Kier molecular flexibility index (Phi) is 4.57. The Bertz CT molecular complexity index is 315. The molecule has 1 aliphatic rings. The summed E-state index contributed by atoms with van der Waals surface area (Å²) in [5.41, 5.74) is 0. The smallest absolute Gasteiger partial charge is 0.320 e. The first-order chi connectivity index (χ1) is 6.77. The van der Waals surface area contributed by atoms with Crippen LogP contribution in [0.2, 0.25) is 0 Å². The number of rotatable bonds is 3. The van der Waals surface area contributed by atoms with Gasteiger partial charge < -0.3 is 5.11 Å². The summed E-state index contributed by atoms with van der Waals surface area (Å²) in [5.74, 6) is -0.681. The van der Waals surface area contributed by atoms with Gasteiger partial charge >= 0.3 is 5.97 Å². The molecule has 0 amide bonds. The van der Waals surface area contributed by atoms with Gasteiger partial charge in [0.15, 0.2) is 0 Å². The largest absolute Gasteiger partial charge is 0.480 e. The Morgan fingerprint density at radius 3 is 3.07 bits per heavy atom. The van der Waals surface area contributed by atoms with Crippen molar-refractivity contribution in [1.82, 2.24) is 4.90 Å². The van der Waals surface area contributed by atoms with E-state index in [1.807, 2.05) is 16.3 Å². The molecule has 0 aliphatic carbocycles. The molecule has 5 heteroatoms. The van der Waals surface area contributed by atoms with Gasteiger partial charge in [-0.3, -0.25) is 9.69 Å². The van der Waals surface area contributed by atoms with Gasteiger partial charge in [-0.25, -0.2) is 0 Å². The number of likely N-dealkylation sites (tertiary alicyclic amines) is 1. The van der Waals surface area contributed by atoms with Crippen LogP contribution < -0.4 is 0 Å². The number of carboxylic acids is 1. The molecule has 0 aromatic carbocycles. The zero-order valence-corrected chi connectivity index (χ0v) is 9.89. The highest BCUT2D eigenvalue weighted by Crippen LogP contribution is 2.21. The molecule has 1 saturated heterocycles. The van der Waals surface area contributed by atoms with Crippen molar-refractivity contribution in [3.05, 3.63) is 22.4 Å². The first-order valence-corrected chi connectivity index (χ1v) is 5.64. The normalized spacial score (nSPS) is 21.2. The monoisotopic (exact) mass is 247 g/mol. The second-order valence-corrected chi connectivity index (χ2v) is 4.58. The van der Waals surface area contributed by atoms with Crippen LogP contribution >= 0.6 is 23.7 Å². The Hall–Kier alpha value is -0.580. The zero-order chi connectivity index (χ0) is 9.97. The third-order valence-corrected chi connectivity index (χ3v) is 3.45. The molecule has 0 radical (unpaired) electrons. The van der Waals surface area contributed by atoms with Crippen molar-refractivity contribution in [3.63, 3.8) is 0 Å². The number of carboxylic acid groups (broad SMARTS) is 1. The molecule has 84 valence electrons. The van der Waals surface area contributed by atoms with Gasteiger partial charge in [-0.15, -0.1) is 23.7 Å². The Morgan fingerprint density at radius 1 is 1.67 bits per heavy atom. The highest BCUT2D eigenvalue weighted by Gasteiger charge is 2.30. The fourth-order valence-electron chi connectivity index (χ4n) is 1.90. The van der Waals surface area contributed by atoms with Crippen molar-refractivity contribution in [3.8, 4) is 0 Å². The van der Waals surface area contributed by atoms with Crippen molar-refractivity contribution in [2.24, 2.45) is 0 Å². The maximum atomic E-state index is 10.9. The lowest BCUT2D eigenvalue weighted by atomic mass is 10.2. The molecule has 1 atom stereocenters. The summed E-state index contributed by atoms with van der Waals surface area (Å²) >= 11 is 1.69. The van der Waals surface area contributed by atoms with E-state index in [9.17, 15) is 4.79 Å². The van der Waals surface area contributed by atoms with E-state index in [0.717, 1.165) is 25.9 Å². The summed E-state index contributed by atoms with van der Waals surface area (Å²) in [7, 11) is 0. The molecule has 1 fully saturated rings. The molecule has 1 aliphatic heterocycles.